The second kappa shape index (κ2) is 5.44. The smallest absolute Gasteiger partial charge is 0.163 e. The van der Waals surface area contributed by atoms with E-state index in [2.05, 4.69) is 24.3 Å². The van der Waals surface area contributed by atoms with E-state index in [9.17, 15) is 0 Å². The van der Waals surface area contributed by atoms with E-state index in [1.165, 1.54) is 4.90 Å². The van der Waals surface area contributed by atoms with E-state index in [1.54, 1.807) is 0 Å². The first-order valence-corrected chi connectivity index (χ1v) is 7.76. The summed E-state index contributed by atoms with van der Waals surface area (Å²) in [5.41, 5.74) is 0. The molecule has 0 radical (unpaired) electrons. The van der Waals surface area contributed by atoms with Crippen LogP contribution in [0.25, 0.3) is 0 Å². The average Bonchev–Trinajstić information content (AvgIpc) is 2.78. The summed E-state index contributed by atoms with van der Waals surface area (Å²) in [7, 11) is 0. The molecule has 3 nitrogen and oxygen atoms in total. The SMILES string of the molecule is CC1(C)OCC2OC(CSc3ccccc3)CC2O1. The summed E-state index contributed by atoms with van der Waals surface area (Å²) in [4.78, 5) is 1.29. The minimum absolute atomic E-state index is 0.106. The molecule has 0 N–H and O–H groups in total. The van der Waals surface area contributed by atoms with Gasteiger partial charge in [-0.05, 0) is 26.0 Å². The molecule has 1 aromatic carbocycles. The van der Waals surface area contributed by atoms with Crippen molar-refractivity contribution in [2.45, 2.75) is 49.3 Å². The molecule has 2 saturated heterocycles. The molecular weight excluding hydrogens is 260 g/mol. The number of hydrogen-bond donors (Lipinski definition) is 0. The van der Waals surface area contributed by atoms with Crippen LogP contribution < -0.4 is 0 Å². The summed E-state index contributed by atoms with van der Waals surface area (Å²) >= 11 is 1.84. The van der Waals surface area contributed by atoms with Crippen molar-refractivity contribution in [3.05, 3.63) is 30.3 Å². The highest BCUT2D eigenvalue weighted by molar-refractivity contribution is 7.99. The monoisotopic (exact) mass is 280 g/mol. The average molecular weight is 280 g/mol. The van der Waals surface area contributed by atoms with Gasteiger partial charge < -0.3 is 14.2 Å². The van der Waals surface area contributed by atoms with Crippen LogP contribution in [0.5, 0.6) is 0 Å². The van der Waals surface area contributed by atoms with Gasteiger partial charge in [0.2, 0.25) is 0 Å². The predicted octanol–water partition coefficient (Wildman–Crippen LogP) is 3.09. The molecule has 3 atom stereocenters. The Bertz CT molecular complexity index is 421. The molecule has 4 heteroatoms. The van der Waals surface area contributed by atoms with Crippen molar-refractivity contribution in [2.24, 2.45) is 0 Å². The lowest BCUT2D eigenvalue weighted by Crippen LogP contribution is -2.46. The zero-order chi connectivity index (χ0) is 13.3. The van der Waals surface area contributed by atoms with Gasteiger partial charge in [-0.3, -0.25) is 0 Å². The zero-order valence-electron chi connectivity index (χ0n) is 11.4. The van der Waals surface area contributed by atoms with Crippen LogP contribution in [0.15, 0.2) is 35.2 Å². The van der Waals surface area contributed by atoms with Crippen LogP contribution in [0.2, 0.25) is 0 Å². The summed E-state index contributed by atoms with van der Waals surface area (Å²) in [5.74, 6) is 0.507. The molecular formula is C15H20O3S. The molecule has 2 fully saturated rings. The standard InChI is InChI=1S/C15H20O3S/c1-15(2)16-9-14-13(18-15)8-11(17-14)10-19-12-6-4-3-5-7-12/h3-7,11,13-14H,8-10H2,1-2H3. The summed E-state index contributed by atoms with van der Waals surface area (Å²) < 4.78 is 17.6. The van der Waals surface area contributed by atoms with Gasteiger partial charge in [0.15, 0.2) is 5.79 Å². The van der Waals surface area contributed by atoms with Crippen molar-refractivity contribution in [3.63, 3.8) is 0 Å². The van der Waals surface area contributed by atoms with Gasteiger partial charge in [0.1, 0.15) is 6.10 Å². The minimum atomic E-state index is -0.466. The molecule has 0 aliphatic carbocycles. The lowest BCUT2D eigenvalue weighted by Gasteiger charge is -2.37. The van der Waals surface area contributed by atoms with E-state index < -0.39 is 5.79 Å². The molecule has 2 aliphatic heterocycles. The molecule has 0 aromatic heterocycles. The quantitative estimate of drug-likeness (QED) is 0.795. The van der Waals surface area contributed by atoms with E-state index in [0.29, 0.717) is 6.61 Å². The molecule has 2 aliphatic rings. The van der Waals surface area contributed by atoms with Crippen molar-refractivity contribution in [3.8, 4) is 0 Å². The first-order valence-electron chi connectivity index (χ1n) is 6.77. The normalized spacial score (nSPS) is 33.1. The van der Waals surface area contributed by atoms with Gasteiger partial charge in [0, 0.05) is 17.1 Å². The van der Waals surface area contributed by atoms with E-state index in [-0.39, 0.29) is 18.3 Å². The molecule has 0 amide bonds. The van der Waals surface area contributed by atoms with Crippen LogP contribution in [0.4, 0.5) is 0 Å². The number of hydrogen-bond acceptors (Lipinski definition) is 4. The van der Waals surface area contributed by atoms with Crippen molar-refractivity contribution in [1.82, 2.24) is 0 Å². The van der Waals surface area contributed by atoms with E-state index in [1.807, 2.05) is 31.7 Å². The number of thioether (sulfide) groups is 1. The predicted molar refractivity (Wildman–Crippen MR) is 75.3 cm³/mol. The molecule has 0 saturated carbocycles. The second-order valence-corrected chi connectivity index (χ2v) is 6.62. The molecule has 2 heterocycles. The Morgan fingerprint density at radius 1 is 1.21 bits per heavy atom. The van der Waals surface area contributed by atoms with Crippen molar-refractivity contribution >= 4 is 11.8 Å². The molecule has 3 rings (SSSR count). The Morgan fingerprint density at radius 3 is 2.79 bits per heavy atom. The van der Waals surface area contributed by atoms with Gasteiger partial charge in [0.25, 0.3) is 0 Å². The van der Waals surface area contributed by atoms with E-state index >= 15 is 0 Å². The van der Waals surface area contributed by atoms with Gasteiger partial charge in [-0.2, -0.15) is 0 Å². The Morgan fingerprint density at radius 2 is 2.00 bits per heavy atom. The molecule has 104 valence electrons. The van der Waals surface area contributed by atoms with Crippen LogP contribution in [0, 0.1) is 0 Å². The fraction of sp³-hybridized carbons (Fsp3) is 0.600. The van der Waals surface area contributed by atoms with Crippen LogP contribution >= 0.6 is 11.8 Å². The second-order valence-electron chi connectivity index (χ2n) is 5.52. The van der Waals surface area contributed by atoms with Gasteiger partial charge in [-0.15, -0.1) is 11.8 Å². The van der Waals surface area contributed by atoms with Crippen LogP contribution in [0.3, 0.4) is 0 Å². The third-order valence-electron chi connectivity index (χ3n) is 3.49. The van der Waals surface area contributed by atoms with Gasteiger partial charge in [-0.25, -0.2) is 0 Å². The lowest BCUT2D eigenvalue weighted by atomic mass is 10.1. The maximum atomic E-state index is 6.01. The molecule has 0 bridgehead atoms. The third kappa shape index (κ3) is 3.31. The number of rotatable bonds is 3. The zero-order valence-corrected chi connectivity index (χ0v) is 12.2. The van der Waals surface area contributed by atoms with Crippen LogP contribution in [-0.2, 0) is 14.2 Å². The van der Waals surface area contributed by atoms with E-state index in [0.717, 1.165) is 12.2 Å². The number of ether oxygens (including phenoxy) is 3. The lowest BCUT2D eigenvalue weighted by molar-refractivity contribution is -0.293. The highest BCUT2D eigenvalue weighted by atomic mass is 32.2. The highest BCUT2D eigenvalue weighted by Crippen LogP contribution is 2.34. The highest BCUT2D eigenvalue weighted by Gasteiger charge is 2.43. The molecule has 3 unspecified atom stereocenters. The van der Waals surface area contributed by atoms with Crippen molar-refractivity contribution < 1.29 is 14.2 Å². The van der Waals surface area contributed by atoms with E-state index in [4.69, 9.17) is 14.2 Å². The fourth-order valence-electron chi connectivity index (χ4n) is 2.57. The van der Waals surface area contributed by atoms with Crippen LogP contribution in [0.1, 0.15) is 20.3 Å². The van der Waals surface area contributed by atoms with Gasteiger partial charge >= 0.3 is 0 Å². The number of fused-ring (bicyclic) bond motifs is 1. The largest absolute Gasteiger partial charge is 0.369 e. The van der Waals surface area contributed by atoms with Gasteiger partial charge in [-0.1, -0.05) is 18.2 Å². The summed E-state index contributed by atoms with van der Waals surface area (Å²) in [5, 5.41) is 0. The van der Waals surface area contributed by atoms with Crippen LogP contribution in [-0.4, -0.2) is 36.5 Å². The molecule has 19 heavy (non-hydrogen) atoms. The maximum Gasteiger partial charge on any atom is 0.163 e. The molecule has 0 spiro atoms. The fourth-order valence-corrected chi connectivity index (χ4v) is 3.51. The Balaban J connectivity index is 1.52. The summed E-state index contributed by atoms with van der Waals surface area (Å²) in [6.07, 6.45) is 1.52. The Kier molecular flexibility index (Phi) is 3.85. The first kappa shape index (κ1) is 13.4. The van der Waals surface area contributed by atoms with Gasteiger partial charge in [0.05, 0.1) is 18.8 Å². The third-order valence-corrected chi connectivity index (χ3v) is 4.63. The molecule has 1 aromatic rings. The Hall–Kier alpha value is -0.550. The summed E-state index contributed by atoms with van der Waals surface area (Å²) in [6.45, 7) is 4.58. The topological polar surface area (TPSA) is 27.7 Å². The summed E-state index contributed by atoms with van der Waals surface area (Å²) in [6, 6.07) is 10.4. The number of benzene rings is 1. The maximum absolute atomic E-state index is 6.01. The minimum Gasteiger partial charge on any atom is -0.369 e. The first-order chi connectivity index (χ1) is 9.12. The van der Waals surface area contributed by atoms with Crippen molar-refractivity contribution in [2.75, 3.05) is 12.4 Å². The Labute approximate surface area is 118 Å². The van der Waals surface area contributed by atoms with Crippen molar-refractivity contribution in [1.29, 1.82) is 0 Å².